The zero-order valence-corrected chi connectivity index (χ0v) is 9.33. The van der Waals surface area contributed by atoms with Crippen molar-refractivity contribution in [1.29, 1.82) is 0 Å². The summed E-state index contributed by atoms with van der Waals surface area (Å²) in [4.78, 5) is 0. The van der Waals surface area contributed by atoms with Crippen LogP contribution in [0, 0.1) is 6.92 Å². The molecule has 5 heteroatoms. The van der Waals surface area contributed by atoms with E-state index in [1.165, 1.54) is 6.07 Å². The number of rotatable bonds is 4. The Bertz CT molecular complexity index is 386. The normalized spacial score (nSPS) is 21.3. The Morgan fingerprint density at radius 1 is 1.41 bits per heavy atom. The summed E-state index contributed by atoms with van der Waals surface area (Å²) in [5.74, 6) is 0. The molecule has 0 spiro atoms. The van der Waals surface area contributed by atoms with Crippen LogP contribution in [0.25, 0.3) is 0 Å². The molecule has 1 aromatic rings. The van der Waals surface area contributed by atoms with Gasteiger partial charge in [-0.05, 0) is 18.1 Å². The monoisotopic (exact) mass is 246 g/mol. The number of alkyl halides is 3. The van der Waals surface area contributed by atoms with Crippen LogP contribution < -0.4 is 0 Å². The van der Waals surface area contributed by atoms with E-state index in [2.05, 4.69) is 0 Å². The summed E-state index contributed by atoms with van der Waals surface area (Å²) in [5, 5.41) is 0. The maximum atomic E-state index is 12.9. The number of hydrogen-bond donors (Lipinski definition) is 0. The summed E-state index contributed by atoms with van der Waals surface area (Å²) in [5.41, 5.74) is 0.743. The third-order valence-corrected chi connectivity index (χ3v) is 2.62. The van der Waals surface area contributed by atoms with Crippen LogP contribution in [0.4, 0.5) is 13.2 Å². The highest BCUT2D eigenvalue weighted by Crippen LogP contribution is 2.37. The minimum Gasteiger partial charge on any atom is -0.371 e. The first-order valence-electron chi connectivity index (χ1n) is 5.34. The quantitative estimate of drug-likeness (QED) is 0.762. The average molecular weight is 246 g/mol. The molecule has 2 rings (SSSR count). The zero-order valence-electron chi connectivity index (χ0n) is 9.33. The van der Waals surface area contributed by atoms with E-state index in [1.54, 1.807) is 25.1 Å². The van der Waals surface area contributed by atoms with Crippen LogP contribution in [0.1, 0.15) is 17.2 Å². The van der Waals surface area contributed by atoms with E-state index in [0.717, 1.165) is 0 Å². The molecule has 0 N–H and O–H groups in total. The third kappa shape index (κ3) is 3.20. The number of aryl methyl sites for hydroxylation is 1. The Morgan fingerprint density at radius 3 is 2.59 bits per heavy atom. The van der Waals surface area contributed by atoms with Crippen LogP contribution >= 0.6 is 0 Å². The predicted molar refractivity (Wildman–Crippen MR) is 55.7 cm³/mol. The van der Waals surface area contributed by atoms with Gasteiger partial charge in [-0.1, -0.05) is 24.3 Å². The lowest BCUT2D eigenvalue weighted by atomic mass is 10.0. The fraction of sp³-hybridized carbons (Fsp3) is 0.500. The first-order chi connectivity index (χ1) is 7.98. The highest BCUT2D eigenvalue weighted by atomic mass is 19.4. The van der Waals surface area contributed by atoms with Crippen molar-refractivity contribution in [2.75, 3.05) is 13.2 Å². The molecule has 0 saturated carbocycles. The SMILES string of the molecule is Cc1ccccc1[C@H](OC[C@@H]1CO1)C(F)(F)F. The summed E-state index contributed by atoms with van der Waals surface area (Å²) in [7, 11) is 0. The molecular formula is C12H13F3O2. The topological polar surface area (TPSA) is 21.8 Å². The fourth-order valence-electron chi connectivity index (χ4n) is 1.61. The molecule has 0 bridgehead atoms. The van der Waals surface area contributed by atoms with E-state index in [9.17, 15) is 13.2 Å². The number of ether oxygens (including phenoxy) is 2. The molecule has 0 radical (unpaired) electrons. The smallest absolute Gasteiger partial charge is 0.371 e. The molecule has 1 fully saturated rings. The molecule has 0 aliphatic carbocycles. The van der Waals surface area contributed by atoms with Gasteiger partial charge in [-0.3, -0.25) is 0 Å². The van der Waals surface area contributed by atoms with Crippen LogP contribution in [-0.4, -0.2) is 25.5 Å². The number of benzene rings is 1. The van der Waals surface area contributed by atoms with Crippen molar-refractivity contribution in [2.45, 2.75) is 25.3 Å². The maximum Gasteiger partial charge on any atom is 0.418 e. The average Bonchev–Trinajstić information content (AvgIpc) is 3.03. The van der Waals surface area contributed by atoms with Crippen LogP contribution in [-0.2, 0) is 9.47 Å². The fourth-order valence-corrected chi connectivity index (χ4v) is 1.61. The first kappa shape index (κ1) is 12.4. The first-order valence-corrected chi connectivity index (χ1v) is 5.34. The van der Waals surface area contributed by atoms with Crippen LogP contribution in [0.5, 0.6) is 0 Å². The van der Waals surface area contributed by atoms with Gasteiger partial charge in [0, 0.05) is 0 Å². The Balaban J connectivity index is 2.16. The third-order valence-electron chi connectivity index (χ3n) is 2.62. The Labute approximate surface area is 97.3 Å². The molecule has 94 valence electrons. The van der Waals surface area contributed by atoms with Gasteiger partial charge in [-0.2, -0.15) is 13.2 Å². The molecule has 2 atom stereocenters. The van der Waals surface area contributed by atoms with Crippen molar-refractivity contribution >= 4 is 0 Å². The molecule has 0 aromatic heterocycles. The van der Waals surface area contributed by atoms with Gasteiger partial charge in [-0.25, -0.2) is 0 Å². The van der Waals surface area contributed by atoms with Gasteiger partial charge in [0.2, 0.25) is 0 Å². The van der Waals surface area contributed by atoms with E-state index >= 15 is 0 Å². The Hall–Kier alpha value is -1.07. The summed E-state index contributed by atoms with van der Waals surface area (Å²) < 4.78 is 48.5. The van der Waals surface area contributed by atoms with Gasteiger partial charge in [0.1, 0.15) is 6.10 Å². The van der Waals surface area contributed by atoms with Gasteiger partial charge in [0.25, 0.3) is 0 Å². The lowest BCUT2D eigenvalue weighted by Crippen LogP contribution is -2.25. The maximum absolute atomic E-state index is 12.9. The largest absolute Gasteiger partial charge is 0.418 e. The summed E-state index contributed by atoms with van der Waals surface area (Å²) in [6, 6.07) is 6.38. The predicted octanol–water partition coefficient (Wildman–Crippen LogP) is 3.01. The van der Waals surface area contributed by atoms with E-state index in [1.807, 2.05) is 0 Å². The summed E-state index contributed by atoms with van der Waals surface area (Å²) in [6.45, 7) is 2.11. The Morgan fingerprint density at radius 2 is 2.06 bits per heavy atom. The second-order valence-corrected chi connectivity index (χ2v) is 4.07. The molecule has 2 nitrogen and oxygen atoms in total. The van der Waals surface area contributed by atoms with Crippen LogP contribution in [0.15, 0.2) is 24.3 Å². The summed E-state index contributed by atoms with van der Waals surface area (Å²) >= 11 is 0. The van der Waals surface area contributed by atoms with Crippen molar-refractivity contribution in [3.63, 3.8) is 0 Å². The molecular weight excluding hydrogens is 233 g/mol. The van der Waals surface area contributed by atoms with Gasteiger partial charge in [0.05, 0.1) is 13.2 Å². The molecule has 1 heterocycles. The highest BCUT2D eigenvalue weighted by Gasteiger charge is 2.43. The number of halogens is 3. The van der Waals surface area contributed by atoms with E-state index in [-0.39, 0.29) is 18.3 Å². The second-order valence-electron chi connectivity index (χ2n) is 4.07. The van der Waals surface area contributed by atoms with Crippen molar-refractivity contribution in [3.8, 4) is 0 Å². The molecule has 1 aliphatic rings. The van der Waals surface area contributed by atoms with E-state index in [4.69, 9.17) is 9.47 Å². The van der Waals surface area contributed by atoms with Crippen molar-refractivity contribution in [1.82, 2.24) is 0 Å². The van der Waals surface area contributed by atoms with Crippen LogP contribution in [0.2, 0.25) is 0 Å². The standard InChI is InChI=1S/C12H13F3O2/c1-8-4-2-3-5-10(8)11(12(13,14)15)17-7-9-6-16-9/h2-5,9,11H,6-7H2,1H3/t9-,11-/m0/s1. The van der Waals surface area contributed by atoms with Crippen LogP contribution in [0.3, 0.4) is 0 Å². The molecule has 17 heavy (non-hydrogen) atoms. The van der Waals surface area contributed by atoms with Gasteiger partial charge >= 0.3 is 6.18 Å². The second kappa shape index (κ2) is 4.66. The molecule has 0 unspecified atom stereocenters. The Kier molecular flexibility index (Phi) is 3.40. The molecule has 1 aliphatic heterocycles. The van der Waals surface area contributed by atoms with E-state index < -0.39 is 12.3 Å². The van der Waals surface area contributed by atoms with Gasteiger partial charge < -0.3 is 9.47 Å². The minimum absolute atomic E-state index is 0.0154. The molecule has 1 aromatic carbocycles. The van der Waals surface area contributed by atoms with Crippen molar-refractivity contribution in [2.24, 2.45) is 0 Å². The van der Waals surface area contributed by atoms with Gasteiger partial charge in [0.15, 0.2) is 6.10 Å². The van der Waals surface area contributed by atoms with Crippen molar-refractivity contribution < 1.29 is 22.6 Å². The minimum atomic E-state index is -4.40. The number of hydrogen-bond acceptors (Lipinski definition) is 2. The lowest BCUT2D eigenvalue weighted by Gasteiger charge is -2.22. The lowest BCUT2D eigenvalue weighted by molar-refractivity contribution is -0.224. The zero-order chi connectivity index (χ0) is 12.5. The summed E-state index contributed by atoms with van der Waals surface area (Å²) in [6.07, 6.45) is -6.45. The highest BCUT2D eigenvalue weighted by molar-refractivity contribution is 5.28. The molecule has 0 amide bonds. The molecule has 1 saturated heterocycles. The number of epoxide rings is 1. The van der Waals surface area contributed by atoms with Gasteiger partial charge in [-0.15, -0.1) is 0 Å². The van der Waals surface area contributed by atoms with E-state index in [0.29, 0.717) is 12.2 Å². The van der Waals surface area contributed by atoms with Crippen molar-refractivity contribution in [3.05, 3.63) is 35.4 Å².